The van der Waals surface area contributed by atoms with Crippen LogP contribution >= 0.6 is 15.9 Å². The SMILES string of the molecule is COCCC1C(Br)OCCN1C. The van der Waals surface area contributed by atoms with Crippen LogP contribution < -0.4 is 0 Å². The van der Waals surface area contributed by atoms with E-state index in [1.54, 1.807) is 7.11 Å². The molecule has 1 heterocycles. The van der Waals surface area contributed by atoms with E-state index in [1.165, 1.54) is 0 Å². The van der Waals surface area contributed by atoms with Crippen LogP contribution in [0.25, 0.3) is 0 Å². The summed E-state index contributed by atoms with van der Waals surface area (Å²) in [6.45, 7) is 2.62. The Balaban J connectivity index is 2.34. The Morgan fingerprint density at radius 3 is 3.00 bits per heavy atom. The zero-order valence-electron chi connectivity index (χ0n) is 7.62. The van der Waals surface area contributed by atoms with Crippen molar-refractivity contribution in [2.24, 2.45) is 0 Å². The Bertz CT molecular complexity index is 124. The summed E-state index contributed by atoms with van der Waals surface area (Å²) in [4.78, 5) is 2.31. The summed E-state index contributed by atoms with van der Waals surface area (Å²) in [5.41, 5.74) is 0. The van der Waals surface area contributed by atoms with Gasteiger partial charge in [-0.25, -0.2) is 0 Å². The first-order chi connectivity index (χ1) is 5.75. The van der Waals surface area contributed by atoms with Gasteiger partial charge in [0.05, 0.1) is 6.61 Å². The minimum absolute atomic E-state index is 0.159. The van der Waals surface area contributed by atoms with Gasteiger partial charge in [-0.2, -0.15) is 0 Å². The maximum Gasteiger partial charge on any atom is 0.128 e. The van der Waals surface area contributed by atoms with Crippen LogP contribution in [0.1, 0.15) is 6.42 Å². The van der Waals surface area contributed by atoms with Crippen LogP contribution in [-0.2, 0) is 9.47 Å². The van der Waals surface area contributed by atoms with Crippen LogP contribution in [0.2, 0.25) is 0 Å². The molecule has 1 aliphatic heterocycles. The fourth-order valence-corrected chi connectivity index (χ4v) is 2.23. The molecule has 1 saturated heterocycles. The highest BCUT2D eigenvalue weighted by molar-refractivity contribution is 9.09. The van der Waals surface area contributed by atoms with Crippen LogP contribution in [0.15, 0.2) is 0 Å². The molecule has 4 heteroatoms. The number of likely N-dealkylation sites (N-methyl/N-ethyl adjacent to an activating group) is 1. The second kappa shape index (κ2) is 5.17. The fourth-order valence-electron chi connectivity index (χ4n) is 1.38. The Morgan fingerprint density at radius 1 is 1.67 bits per heavy atom. The predicted molar refractivity (Wildman–Crippen MR) is 51.6 cm³/mol. The molecule has 0 saturated carbocycles. The molecule has 0 aromatic rings. The van der Waals surface area contributed by atoms with Crippen LogP contribution in [0, 0.1) is 0 Å². The number of methoxy groups -OCH3 is 1. The van der Waals surface area contributed by atoms with Gasteiger partial charge in [0.1, 0.15) is 5.01 Å². The molecule has 0 aliphatic carbocycles. The van der Waals surface area contributed by atoms with Gasteiger partial charge >= 0.3 is 0 Å². The molecule has 12 heavy (non-hydrogen) atoms. The van der Waals surface area contributed by atoms with Crippen molar-refractivity contribution < 1.29 is 9.47 Å². The first kappa shape index (κ1) is 10.4. The summed E-state index contributed by atoms with van der Waals surface area (Å²) >= 11 is 3.51. The van der Waals surface area contributed by atoms with E-state index < -0.39 is 0 Å². The van der Waals surface area contributed by atoms with E-state index >= 15 is 0 Å². The Labute approximate surface area is 82.1 Å². The molecule has 0 aromatic heterocycles. The largest absolute Gasteiger partial charge is 0.385 e. The highest BCUT2D eigenvalue weighted by Crippen LogP contribution is 2.20. The Hall–Kier alpha value is 0.360. The molecule has 0 spiro atoms. The first-order valence-corrected chi connectivity index (χ1v) is 5.12. The summed E-state index contributed by atoms with van der Waals surface area (Å²) in [5.74, 6) is 0. The van der Waals surface area contributed by atoms with Crippen molar-refractivity contribution in [2.75, 3.05) is 33.9 Å². The predicted octanol–water partition coefficient (Wildman–Crippen LogP) is 1.07. The topological polar surface area (TPSA) is 21.7 Å². The van der Waals surface area contributed by atoms with Crippen molar-refractivity contribution in [2.45, 2.75) is 17.5 Å². The molecule has 1 aliphatic rings. The molecule has 0 amide bonds. The minimum atomic E-state index is 0.159. The van der Waals surface area contributed by atoms with E-state index in [-0.39, 0.29) is 5.01 Å². The molecule has 1 rings (SSSR count). The molecule has 2 atom stereocenters. The maximum absolute atomic E-state index is 5.48. The van der Waals surface area contributed by atoms with Crippen molar-refractivity contribution in [1.82, 2.24) is 4.90 Å². The number of hydrogen-bond donors (Lipinski definition) is 0. The normalized spacial score (nSPS) is 32.2. The quantitative estimate of drug-likeness (QED) is 0.686. The van der Waals surface area contributed by atoms with Crippen molar-refractivity contribution in [3.05, 3.63) is 0 Å². The van der Waals surface area contributed by atoms with E-state index in [2.05, 4.69) is 27.9 Å². The van der Waals surface area contributed by atoms with Crippen LogP contribution in [0.3, 0.4) is 0 Å². The lowest BCUT2D eigenvalue weighted by atomic mass is 10.2. The number of morpholine rings is 1. The minimum Gasteiger partial charge on any atom is -0.385 e. The third kappa shape index (κ3) is 2.69. The Morgan fingerprint density at radius 2 is 2.42 bits per heavy atom. The summed E-state index contributed by atoms with van der Waals surface area (Å²) in [7, 11) is 3.85. The van der Waals surface area contributed by atoms with Crippen LogP contribution in [-0.4, -0.2) is 49.9 Å². The van der Waals surface area contributed by atoms with Crippen LogP contribution in [0.4, 0.5) is 0 Å². The lowest BCUT2D eigenvalue weighted by molar-refractivity contribution is -0.0209. The van der Waals surface area contributed by atoms with Gasteiger partial charge < -0.3 is 9.47 Å². The van der Waals surface area contributed by atoms with E-state index in [0.29, 0.717) is 6.04 Å². The van der Waals surface area contributed by atoms with E-state index in [0.717, 1.165) is 26.2 Å². The summed E-state index contributed by atoms with van der Waals surface area (Å²) in [6, 6.07) is 0.443. The molecule has 0 N–H and O–H groups in total. The van der Waals surface area contributed by atoms with Gasteiger partial charge in [0, 0.05) is 26.3 Å². The smallest absolute Gasteiger partial charge is 0.128 e. The number of nitrogens with zero attached hydrogens (tertiary/aromatic N) is 1. The third-order valence-corrected chi connectivity index (χ3v) is 3.08. The lowest BCUT2D eigenvalue weighted by Gasteiger charge is -2.36. The number of ether oxygens (including phenoxy) is 2. The highest BCUT2D eigenvalue weighted by Gasteiger charge is 2.27. The molecule has 0 bridgehead atoms. The van der Waals surface area contributed by atoms with E-state index in [4.69, 9.17) is 9.47 Å². The van der Waals surface area contributed by atoms with Crippen molar-refractivity contribution >= 4 is 15.9 Å². The van der Waals surface area contributed by atoms with Crippen molar-refractivity contribution in [3.8, 4) is 0 Å². The van der Waals surface area contributed by atoms with Gasteiger partial charge in [0.25, 0.3) is 0 Å². The van der Waals surface area contributed by atoms with E-state index in [9.17, 15) is 0 Å². The lowest BCUT2D eigenvalue weighted by Crippen LogP contribution is -2.47. The van der Waals surface area contributed by atoms with Gasteiger partial charge in [0.2, 0.25) is 0 Å². The number of hydrogen-bond acceptors (Lipinski definition) is 3. The molecule has 2 unspecified atom stereocenters. The van der Waals surface area contributed by atoms with Crippen molar-refractivity contribution in [3.63, 3.8) is 0 Å². The fraction of sp³-hybridized carbons (Fsp3) is 1.00. The van der Waals surface area contributed by atoms with Crippen molar-refractivity contribution in [1.29, 1.82) is 0 Å². The van der Waals surface area contributed by atoms with Gasteiger partial charge in [0.15, 0.2) is 0 Å². The van der Waals surface area contributed by atoms with Gasteiger partial charge in [-0.3, -0.25) is 4.90 Å². The van der Waals surface area contributed by atoms with Gasteiger partial charge in [-0.1, -0.05) is 15.9 Å². The molecule has 0 radical (unpaired) electrons. The summed E-state index contributed by atoms with van der Waals surface area (Å²) in [5, 5.41) is 0.159. The van der Waals surface area contributed by atoms with Gasteiger partial charge in [-0.15, -0.1) is 0 Å². The second-order valence-electron chi connectivity index (χ2n) is 3.05. The molecule has 1 fully saturated rings. The molecule has 0 aromatic carbocycles. The average Bonchev–Trinajstić information content (AvgIpc) is 2.04. The number of halogens is 1. The third-order valence-electron chi connectivity index (χ3n) is 2.21. The summed E-state index contributed by atoms with van der Waals surface area (Å²) < 4.78 is 10.5. The van der Waals surface area contributed by atoms with E-state index in [1.807, 2.05) is 0 Å². The molecular formula is C8H16BrNO2. The maximum atomic E-state index is 5.48. The zero-order chi connectivity index (χ0) is 8.97. The molecular weight excluding hydrogens is 222 g/mol. The number of alkyl halides is 1. The zero-order valence-corrected chi connectivity index (χ0v) is 9.21. The standard InChI is InChI=1S/C8H16BrNO2/c1-10-4-6-12-8(9)7(10)3-5-11-2/h7-8H,3-6H2,1-2H3. The monoisotopic (exact) mass is 237 g/mol. The van der Waals surface area contributed by atoms with Crippen LogP contribution in [0.5, 0.6) is 0 Å². The number of rotatable bonds is 3. The highest BCUT2D eigenvalue weighted by atomic mass is 79.9. The second-order valence-corrected chi connectivity index (χ2v) is 3.95. The average molecular weight is 238 g/mol. The first-order valence-electron chi connectivity index (χ1n) is 4.20. The van der Waals surface area contributed by atoms with Gasteiger partial charge in [-0.05, 0) is 13.5 Å². The molecule has 72 valence electrons. The molecule has 3 nitrogen and oxygen atoms in total. The Kier molecular flexibility index (Phi) is 4.50. The summed E-state index contributed by atoms with van der Waals surface area (Å²) in [6.07, 6.45) is 1.02.